The van der Waals surface area contributed by atoms with Gasteiger partial charge in [0.05, 0.1) is 23.8 Å². The zero-order chi connectivity index (χ0) is 14.3. The van der Waals surface area contributed by atoms with Crippen LogP contribution in [0.3, 0.4) is 0 Å². The minimum absolute atomic E-state index is 0.638. The largest absolute Gasteiger partial charge is 0.497 e. The van der Waals surface area contributed by atoms with Gasteiger partial charge in [-0.25, -0.2) is 0 Å². The van der Waals surface area contributed by atoms with E-state index >= 15 is 0 Å². The van der Waals surface area contributed by atoms with E-state index in [0.29, 0.717) is 9.79 Å². The molecule has 0 aliphatic carbocycles. The van der Waals surface area contributed by atoms with Crippen LogP contribution in [0.2, 0.25) is 5.02 Å². The molecule has 0 atom stereocenters. The molecule has 1 aromatic heterocycles. The van der Waals surface area contributed by atoms with E-state index < -0.39 is 0 Å². The van der Waals surface area contributed by atoms with E-state index in [4.69, 9.17) is 28.6 Å². The topological polar surface area (TPSA) is 29.9 Å². The third-order valence-electron chi connectivity index (χ3n) is 3.30. The van der Waals surface area contributed by atoms with Crippen molar-refractivity contribution in [1.82, 2.24) is 9.55 Å². The Balaban J connectivity index is 2.33. The minimum atomic E-state index is 0.638. The highest BCUT2D eigenvalue weighted by Crippen LogP contribution is 2.26. The van der Waals surface area contributed by atoms with Gasteiger partial charge in [-0.15, -0.1) is 0 Å². The van der Waals surface area contributed by atoms with E-state index in [9.17, 15) is 0 Å². The fraction of sp³-hybridized carbons (Fsp3) is 0.133. The SMILES string of the molecule is COc1ccc2c(c1)[nH]c(=S)n2-c1cc(Cl)ccc1C. The molecule has 3 aromatic rings. The molecule has 20 heavy (non-hydrogen) atoms. The summed E-state index contributed by atoms with van der Waals surface area (Å²) in [5.41, 5.74) is 4.04. The number of ether oxygens (including phenoxy) is 1. The second-order valence-electron chi connectivity index (χ2n) is 4.58. The summed E-state index contributed by atoms with van der Waals surface area (Å²) in [6.45, 7) is 2.04. The molecule has 0 aliphatic heterocycles. The first-order valence-electron chi connectivity index (χ1n) is 6.15. The van der Waals surface area contributed by atoms with E-state index in [-0.39, 0.29) is 0 Å². The Morgan fingerprint density at radius 2 is 2.00 bits per heavy atom. The van der Waals surface area contributed by atoms with E-state index in [2.05, 4.69) is 4.98 Å². The quantitative estimate of drug-likeness (QED) is 0.698. The van der Waals surface area contributed by atoms with Crippen molar-refractivity contribution >= 4 is 34.9 Å². The molecular weight excluding hydrogens is 292 g/mol. The smallest absolute Gasteiger partial charge is 0.182 e. The number of benzene rings is 2. The number of imidazole rings is 1. The third-order valence-corrected chi connectivity index (χ3v) is 3.82. The summed E-state index contributed by atoms with van der Waals surface area (Å²) in [6, 6.07) is 11.6. The lowest BCUT2D eigenvalue weighted by atomic mass is 10.2. The fourth-order valence-corrected chi connectivity index (χ4v) is 2.75. The van der Waals surface area contributed by atoms with Crippen LogP contribution in [-0.4, -0.2) is 16.7 Å². The number of aryl methyl sites for hydroxylation is 1. The van der Waals surface area contributed by atoms with Gasteiger partial charge in [-0.3, -0.25) is 4.57 Å². The van der Waals surface area contributed by atoms with Crippen LogP contribution in [0.4, 0.5) is 0 Å². The maximum absolute atomic E-state index is 6.11. The molecule has 0 bridgehead atoms. The molecule has 2 aromatic carbocycles. The Kier molecular flexibility index (Phi) is 3.28. The number of methoxy groups -OCH3 is 1. The van der Waals surface area contributed by atoms with Gasteiger partial charge in [0.25, 0.3) is 0 Å². The van der Waals surface area contributed by atoms with E-state index in [1.807, 2.05) is 47.9 Å². The van der Waals surface area contributed by atoms with Crippen LogP contribution in [0.5, 0.6) is 5.75 Å². The van der Waals surface area contributed by atoms with Gasteiger partial charge >= 0.3 is 0 Å². The molecule has 0 amide bonds. The summed E-state index contributed by atoms with van der Waals surface area (Å²) in [6.07, 6.45) is 0. The van der Waals surface area contributed by atoms with Gasteiger partial charge < -0.3 is 9.72 Å². The summed E-state index contributed by atoms with van der Waals surface area (Å²) < 4.78 is 7.86. The van der Waals surface area contributed by atoms with Gasteiger partial charge in [0.15, 0.2) is 4.77 Å². The van der Waals surface area contributed by atoms with Gasteiger partial charge in [0.1, 0.15) is 5.75 Å². The maximum Gasteiger partial charge on any atom is 0.182 e. The van der Waals surface area contributed by atoms with Gasteiger partial charge in [-0.2, -0.15) is 0 Å². The van der Waals surface area contributed by atoms with Gasteiger partial charge in [-0.1, -0.05) is 17.7 Å². The molecule has 3 rings (SSSR count). The molecule has 102 valence electrons. The predicted octanol–water partition coefficient (Wildman–Crippen LogP) is 4.66. The molecular formula is C15H13ClN2OS. The fourth-order valence-electron chi connectivity index (χ4n) is 2.28. The molecule has 0 saturated carbocycles. The van der Waals surface area contributed by atoms with Gasteiger partial charge in [-0.05, 0) is 49.0 Å². The zero-order valence-corrected chi connectivity index (χ0v) is 12.7. The van der Waals surface area contributed by atoms with Crippen LogP contribution >= 0.6 is 23.8 Å². The number of H-pyrrole nitrogens is 1. The van der Waals surface area contributed by atoms with Crippen LogP contribution in [0, 0.1) is 11.7 Å². The van der Waals surface area contributed by atoms with Crippen molar-refractivity contribution in [2.75, 3.05) is 7.11 Å². The van der Waals surface area contributed by atoms with Crippen molar-refractivity contribution in [3.05, 3.63) is 51.8 Å². The van der Waals surface area contributed by atoms with Gasteiger partial charge in [0, 0.05) is 11.1 Å². The second kappa shape index (κ2) is 4.96. The number of nitrogens with one attached hydrogen (secondary N) is 1. The first-order chi connectivity index (χ1) is 9.60. The number of halogens is 1. The standard InChI is InChI=1S/C15H13ClN2OS/c1-9-3-4-10(16)7-14(9)18-13-6-5-11(19-2)8-12(13)17-15(18)20/h3-8H,1-2H3,(H,17,20). The monoisotopic (exact) mass is 304 g/mol. The lowest BCUT2D eigenvalue weighted by molar-refractivity contribution is 0.415. The summed E-state index contributed by atoms with van der Waals surface area (Å²) in [4.78, 5) is 3.20. The predicted molar refractivity (Wildman–Crippen MR) is 84.8 cm³/mol. The van der Waals surface area contributed by atoms with Crippen LogP contribution < -0.4 is 4.74 Å². The van der Waals surface area contributed by atoms with E-state index in [1.54, 1.807) is 7.11 Å². The first-order valence-corrected chi connectivity index (χ1v) is 6.94. The average Bonchev–Trinajstić information content (AvgIpc) is 2.76. The summed E-state index contributed by atoms with van der Waals surface area (Å²) in [5, 5.41) is 0.690. The number of hydrogen-bond acceptors (Lipinski definition) is 2. The van der Waals surface area contributed by atoms with Crippen LogP contribution in [0.25, 0.3) is 16.7 Å². The Bertz CT molecular complexity index is 851. The number of aromatic nitrogens is 2. The number of aromatic amines is 1. The third kappa shape index (κ3) is 2.11. The van der Waals surface area contributed by atoms with Crippen molar-refractivity contribution in [1.29, 1.82) is 0 Å². The normalized spacial score (nSPS) is 10.9. The Morgan fingerprint density at radius 3 is 2.75 bits per heavy atom. The van der Waals surface area contributed by atoms with Crippen molar-refractivity contribution in [2.24, 2.45) is 0 Å². The van der Waals surface area contributed by atoms with E-state index in [1.165, 1.54) is 0 Å². The van der Waals surface area contributed by atoms with Crippen molar-refractivity contribution in [2.45, 2.75) is 6.92 Å². The molecule has 0 fully saturated rings. The lowest BCUT2D eigenvalue weighted by Gasteiger charge is -2.09. The lowest BCUT2D eigenvalue weighted by Crippen LogP contribution is -1.97. The first kappa shape index (κ1) is 13.2. The van der Waals surface area contributed by atoms with Crippen LogP contribution in [0.15, 0.2) is 36.4 Å². The Morgan fingerprint density at radius 1 is 1.20 bits per heavy atom. The van der Waals surface area contributed by atoms with Gasteiger partial charge in [0.2, 0.25) is 0 Å². The number of hydrogen-bond donors (Lipinski definition) is 1. The van der Waals surface area contributed by atoms with Crippen molar-refractivity contribution in [3.63, 3.8) is 0 Å². The molecule has 1 N–H and O–H groups in total. The highest BCUT2D eigenvalue weighted by Gasteiger charge is 2.10. The molecule has 3 nitrogen and oxygen atoms in total. The summed E-state index contributed by atoms with van der Waals surface area (Å²) >= 11 is 11.5. The van der Waals surface area contributed by atoms with Crippen LogP contribution in [-0.2, 0) is 0 Å². The molecule has 0 saturated heterocycles. The van der Waals surface area contributed by atoms with Crippen molar-refractivity contribution < 1.29 is 4.74 Å². The maximum atomic E-state index is 6.11. The number of fused-ring (bicyclic) bond motifs is 1. The Hall–Kier alpha value is -1.78. The molecule has 5 heteroatoms. The van der Waals surface area contributed by atoms with E-state index in [0.717, 1.165) is 28.0 Å². The van der Waals surface area contributed by atoms with Crippen molar-refractivity contribution in [3.8, 4) is 11.4 Å². The molecule has 0 radical (unpaired) electrons. The minimum Gasteiger partial charge on any atom is -0.497 e. The summed E-state index contributed by atoms with van der Waals surface area (Å²) in [5.74, 6) is 0.795. The number of rotatable bonds is 2. The zero-order valence-electron chi connectivity index (χ0n) is 11.1. The molecule has 0 aliphatic rings. The molecule has 1 heterocycles. The molecule has 0 unspecified atom stereocenters. The second-order valence-corrected chi connectivity index (χ2v) is 5.40. The highest BCUT2D eigenvalue weighted by molar-refractivity contribution is 7.71. The van der Waals surface area contributed by atoms with Crippen LogP contribution in [0.1, 0.15) is 5.56 Å². The average molecular weight is 305 g/mol. The Labute approximate surface area is 126 Å². The number of nitrogens with zero attached hydrogens (tertiary/aromatic N) is 1. The highest BCUT2D eigenvalue weighted by atomic mass is 35.5. The summed E-state index contributed by atoms with van der Waals surface area (Å²) in [7, 11) is 1.65. The molecule has 0 spiro atoms.